The summed E-state index contributed by atoms with van der Waals surface area (Å²) in [5.74, 6) is -1.24. The molecule has 2 aromatic heterocycles. The van der Waals surface area contributed by atoms with Crippen LogP contribution < -0.4 is 14.5 Å². The number of carbonyl (C=O) groups is 1. The van der Waals surface area contributed by atoms with Crippen molar-refractivity contribution in [3.8, 4) is 22.7 Å². The van der Waals surface area contributed by atoms with Gasteiger partial charge in [-0.05, 0) is 24.3 Å². The molecule has 0 aliphatic carbocycles. The van der Waals surface area contributed by atoms with Crippen molar-refractivity contribution in [2.45, 2.75) is 0 Å². The number of ketones is 1. The van der Waals surface area contributed by atoms with Gasteiger partial charge in [0.25, 0.3) is 5.56 Å². The Balaban J connectivity index is 2.20. The molecule has 0 bridgehead atoms. The van der Waals surface area contributed by atoms with Crippen LogP contribution in [0.3, 0.4) is 0 Å². The number of pyridine rings is 1. The van der Waals surface area contributed by atoms with Crippen LogP contribution in [0.15, 0.2) is 46.8 Å². The molecule has 29 heavy (non-hydrogen) atoms. The molecule has 0 aliphatic heterocycles. The summed E-state index contributed by atoms with van der Waals surface area (Å²) in [6, 6.07) is 6.21. The first-order chi connectivity index (χ1) is 13.7. The van der Waals surface area contributed by atoms with Crippen molar-refractivity contribution >= 4 is 27.6 Å². The number of methoxy groups -OCH3 is 1. The van der Waals surface area contributed by atoms with Gasteiger partial charge in [-0.15, -0.1) is 11.3 Å². The zero-order chi connectivity index (χ0) is 21.2. The van der Waals surface area contributed by atoms with Crippen LogP contribution in [0.1, 0.15) is 21.5 Å². The van der Waals surface area contributed by atoms with Crippen molar-refractivity contribution in [3.63, 3.8) is 0 Å². The second-order valence-corrected chi connectivity index (χ2v) is 7.24. The molecular weight excluding hydrogens is 425 g/mol. The van der Waals surface area contributed by atoms with E-state index >= 15 is 0 Å². The largest absolute Gasteiger partial charge is 0.497 e. The molecule has 0 amide bonds. The lowest BCUT2D eigenvalue weighted by Crippen LogP contribution is -2.22. The second-order valence-electron chi connectivity index (χ2n) is 5.41. The van der Waals surface area contributed by atoms with E-state index in [9.17, 15) is 27.2 Å². The number of halogens is 1. The van der Waals surface area contributed by atoms with Gasteiger partial charge in [0.1, 0.15) is 17.4 Å². The van der Waals surface area contributed by atoms with Crippen LogP contribution >= 0.6 is 11.3 Å². The van der Waals surface area contributed by atoms with Crippen molar-refractivity contribution < 1.29 is 26.0 Å². The van der Waals surface area contributed by atoms with Crippen molar-refractivity contribution in [1.29, 1.82) is 5.26 Å². The molecule has 0 atom stereocenters. The van der Waals surface area contributed by atoms with Crippen molar-refractivity contribution in [2.75, 3.05) is 7.11 Å². The number of thiazole rings is 1. The normalized spacial score (nSPS) is 10.9. The van der Waals surface area contributed by atoms with E-state index < -0.39 is 27.6 Å². The van der Waals surface area contributed by atoms with Gasteiger partial charge < -0.3 is 8.92 Å². The van der Waals surface area contributed by atoms with E-state index in [4.69, 9.17) is 4.74 Å². The second kappa shape index (κ2) is 7.82. The third kappa shape index (κ3) is 4.31. The third-order valence-corrected chi connectivity index (χ3v) is 4.80. The number of nitriles is 1. The molecule has 3 rings (SSSR count). The highest BCUT2D eigenvalue weighted by Gasteiger charge is 2.22. The molecule has 0 radical (unpaired) electrons. The third-order valence-electron chi connectivity index (χ3n) is 3.65. The van der Waals surface area contributed by atoms with E-state index in [1.807, 2.05) is 0 Å². The smallest absolute Gasteiger partial charge is 0.488 e. The molecule has 9 nitrogen and oxygen atoms in total. The Kier molecular flexibility index (Phi) is 5.44. The lowest BCUT2D eigenvalue weighted by molar-refractivity contribution is 0.103. The van der Waals surface area contributed by atoms with Gasteiger partial charge in [-0.3, -0.25) is 14.2 Å². The molecule has 0 spiro atoms. The summed E-state index contributed by atoms with van der Waals surface area (Å²) in [5.41, 5.74) is -1.52. The first-order valence-corrected chi connectivity index (χ1v) is 9.86. The molecule has 0 unspecified atom stereocenters. The minimum atomic E-state index is -5.41. The maximum atomic E-state index is 13.0. The van der Waals surface area contributed by atoms with Crippen LogP contribution in [-0.2, 0) is 10.5 Å². The Morgan fingerprint density at radius 1 is 1.34 bits per heavy atom. The molecular formula is C17H10FN3O6S2. The fourth-order valence-electron chi connectivity index (χ4n) is 2.41. The van der Waals surface area contributed by atoms with Gasteiger partial charge in [-0.2, -0.15) is 13.7 Å². The highest BCUT2D eigenvalue weighted by atomic mass is 32.3. The van der Waals surface area contributed by atoms with E-state index in [0.717, 1.165) is 40.3 Å². The van der Waals surface area contributed by atoms with Crippen LogP contribution in [0.4, 0.5) is 3.89 Å². The Morgan fingerprint density at radius 3 is 2.69 bits per heavy atom. The van der Waals surface area contributed by atoms with Crippen LogP contribution in [0.25, 0.3) is 5.13 Å². The number of carbonyl (C=O) groups excluding carboxylic acids is 1. The Hall–Kier alpha value is -3.56. The summed E-state index contributed by atoms with van der Waals surface area (Å²) in [7, 11) is -4.10. The van der Waals surface area contributed by atoms with Gasteiger partial charge in [-0.1, -0.05) is 3.89 Å². The molecule has 0 aliphatic rings. The van der Waals surface area contributed by atoms with E-state index in [0.29, 0.717) is 0 Å². The number of aromatic nitrogens is 2. The molecule has 0 N–H and O–H groups in total. The standard InChI is InChI=1S/C17H10FN3O6S2/c1-26-12-2-3-14(27-29(18,24)25)13(7-12)15(22)11-6-10(8-19)16(23)21(9-11)17-20-4-5-28-17/h2-7,9H,1H3. The molecule has 2 heterocycles. The van der Waals surface area contributed by atoms with Gasteiger partial charge in [0, 0.05) is 23.3 Å². The van der Waals surface area contributed by atoms with Gasteiger partial charge in [0.15, 0.2) is 16.7 Å². The molecule has 148 valence electrons. The SMILES string of the molecule is COc1ccc(OS(=O)(=O)F)c(C(=O)c2cc(C#N)c(=O)n(-c3nccs3)c2)c1. The Labute approximate surface area is 167 Å². The van der Waals surface area contributed by atoms with Gasteiger partial charge in [0.05, 0.1) is 12.7 Å². The van der Waals surface area contributed by atoms with E-state index in [1.54, 1.807) is 11.4 Å². The van der Waals surface area contributed by atoms with Crippen LogP contribution in [0, 0.1) is 11.3 Å². The van der Waals surface area contributed by atoms with Gasteiger partial charge in [-0.25, -0.2) is 4.98 Å². The maximum Gasteiger partial charge on any atom is 0.488 e. The minimum absolute atomic E-state index is 0.147. The molecule has 0 fully saturated rings. The number of nitrogens with zero attached hydrogens (tertiary/aromatic N) is 3. The molecule has 12 heteroatoms. The summed E-state index contributed by atoms with van der Waals surface area (Å²) in [4.78, 5) is 29.4. The van der Waals surface area contributed by atoms with Gasteiger partial charge >= 0.3 is 10.5 Å². The number of hydrogen-bond acceptors (Lipinski definition) is 9. The quantitative estimate of drug-likeness (QED) is 0.425. The molecule has 0 saturated heterocycles. The zero-order valence-electron chi connectivity index (χ0n) is 14.5. The van der Waals surface area contributed by atoms with E-state index in [1.165, 1.54) is 19.4 Å². The zero-order valence-corrected chi connectivity index (χ0v) is 16.2. The summed E-state index contributed by atoms with van der Waals surface area (Å²) < 4.78 is 45.1. The summed E-state index contributed by atoms with van der Waals surface area (Å²) >= 11 is 1.10. The number of hydrogen-bond donors (Lipinski definition) is 0. The summed E-state index contributed by atoms with van der Waals surface area (Å²) in [6.07, 6.45) is 2.59. The predicted octanol–water partition coefficient (Wildman–Crippen LogP) is 2.00. The fourth-order valence-corrected chi connectivity index (χ4v) is 3.39. The first-order valence-electron chi connectivity index (χ1n) is 7.67. The van der Waals surface area contributed by atoms with Crippen LogP contribution in [0.2, 0.25) is 0 Å². The topological polar surface area (TPSA) is 128 Å². The highest BCUT2D eigenvalue weighted by molar-refractivity contribution is 7.81. The summed E-state index contributed by atoms with van der Waals surface area (Å²) in [6.45, 7) is 0. The fraction of sp³-hybridized carbons (Fsp3) is 0.0588. The number of benzene rings is 1. The average Bonchev–Trinajstić information content (AvgIpc) is 3.21. The Bertz CT molecular complexity index is 1290. The molecule has 0 saturated carbocycles. The lowest BCUT2D eigenvalue weighted by Gasteiger charge is -2.11. The Morgan fingerprint density at radius 2 is 2.10 bits per heavy atom. The van der Waals surface area contributed by atoms with Crippen molar-refractivity contribution in [1.82, 2.24) is 9.55 Å². The lowest BCUT2D eigenvalue weighted by atomic mass is 10.0. The van der Waals surface area contributed by atoms with E-state index in [-0.39, 0.29) is 27.6 Å². The van der Waals surface area contributed by atoms with Crippen LogP contribution in [-0.4, -0.2) is 30.9 Å². The van der Waals surface area contributed by atoms with Crippen molar-refractivity contribution in [2.24, 2.45) is 0 Å². The monoisotopic (exact) mass is 435 g/mol. The average molecular weight is 435 g/mol. The number of ether oxygens (including phenoxy) is 1. The van der Waals surface area contributed by atoms with E-state index in [2.05, 4.69) is 9.17 Å². The van der Waals surface area contributed by atoms with Gasteiger partial charge in [0.2, 0.25) is 0 Å². The minimum Gasteiger partial charge on any atom is -0.497 e. The molecule has 3 aromatic rings. The first kappa shape index (κ1) is 20.2. The summed E-state index contributed by atoms with van der Waals surface area (Å²) in [5, 5.41) is 11.1. The van der Waals surface area contributed by atoms with Crippen molar-refractivity contribution in [3.05, 3.63) is 69.1 Å². The maximum absolute atomic E-state index is 13.0. The van der Waals surface area contributed by atoms with Crippen LogP contribution in [0.5, 0.6) is 11.5 Å². The number of rotatable bonds is 6. The highest BCUT2D eigenvalue weighted by Crippen LogP contribution is 2.28. The predicted molar refractivity (Wildman–Crippen MR) is 99.5 cm³/mol. The molecule has 1 aromatic carbocycles.